The van der Waals surface area contributed by atoms with Crippen molar-refractivity contribution in [2.45, 2.75) is 19.1 Å². The maximum Gasteiger partial charge on any atom is 0.413 e. The lowest BCUT2D eigenvalue weighted by atomic mass is 10.2. The molecule has 1 atom stereocenters. The second kappa shape index (κ2) is 7.49. The third kappa shape index (κ3) is 4.35. The van der Waals surface area contributed by atoms with Crippen LogP contribution in [0.1, 0.15) is 12.0 Å². The molecule has 1 unspecified atom stereocenters. The molecule has 8 heteroatoms. The highest BCUT2D eigenvalue weighted by atomic mass is 35.5. The Bertz CT molecular complexity index is 521. The molecule has 0 saturated carbocycles. The zero-order chi connectivity index (χ0) is 14.5. The van der Waals surface area contributed by atoms with Crippen LogP contribution in [0.5, 0.6) is 0 Å². The number of benzene rings is 1. The van der Waals surface area contributed by atoms with Crippen molar-refractivity contribution in [3.05, 3.63) is 35.9 Å². The average Bonchev–Trinajstić information content (AvgIpc) is 2.78. The van der Waals surface area contributed by atoms with E-state index >= 15 is 0 Å². The van der Waals surface area contributed by atoms with Gasteiger partial charge >= 0.3 is 18.0 Å². The number of carbonyl (C=O) groups is 3. The topological polar surface area (TPSA) is 93.1 Å². The van der Waals surface area contributed by atoms with Gasteiger partial charge in [0.1, 0.15) is 12.6 Å². The molecule has 21 heavy (non-hydrogen) atoms. The van der Waals surface area contributed by atoms with Gasteiger partial charge in [-0.2, -0.15) is 0 Å². The molecule has 1 fully saturated rings. The molecule has 1 aliphatic rings. The van der Waals surface area contributed by atoms with Gasteiger partial charge in [0.15, 0.2) is 6.73 Å². The van der Waals surface area contributed by atoms with Crippen molar-refractivity contribution in [2.75, 3.05) is 6.73 Å². The van der Waals surface area contributed by atoms with Crippen molar-refractivity contribution in [3.8, 4) is 0 Å². The fraction of sp³-hybridized carbons (Fsp3) is 0.308. The number of carbonyl (C=O) groups excluding carboxylic acids is 2. The van der Waals surface area contributed by atoms with Crippen LogP contribution < -0.4 is 0 Å². The van der Waals surface area contributed by atoms with E-state index in [4.69, 9.17) is 9.84 Å². The summed E-state index contributed by atoms with van der Waals surface area (Å²) in [5.74, 6) is -1.92. The van der Waals surface area contributed by atoms with Gasteiger partial charge < -0.3 is 14.6 Å². The van der Waals surface area contributed by atoms with E-state index in [0.717, 1.165) is 10.5 Å². The lowest BCUT2D eigenvalue weighted by Crippen LogP contribution is -2.39. The fourth-order valence-corrected chi connectivity index (χ4v) is 1.79. The maximum absolute atomic E-state index is 11.8. The number of amides is 1. The van der Waals surface area contributed by atoms with Crippen molar-refractivity contribution in [3.63, 3.8) is 0 Å². The summed E-state index contributed by atoms with van der Waals surface area (Å²) in [7, 11) is 0. The molecule has 1 amide bonds. The molecule has 1 heterocycles. The third-order valence-corrected chi connectivity index (χ3v) is 2.80. The minimum absolute atomic E-state index is 0. The Balaban J connectivity index is 0.00000220. The molecule has 1 aromatic rings. The minimum Gasteiger partial charge on any atom is -0.481 e. The molecule has 0 aromatic heterocycles. The highest BCUT2D eigenvalue weighted by Crippen LogP contribution is 2.16. The smallest absolute Gasteiger partial charge is 0.413 e. The molecule has 1 saturated heterocycles. The number of carboxylic acids is 1. The lowest BCUT2D eigenvalue weighted by Gasteiger charge is -2.18. The monoisotopic (exact) mass is 315 g/mol. The average molecular weight is 316 g/mol. The molecule has 2 rings (SSSR count). The van der Waals surface area contributed by atoms with Gasteiger partial charge in [-0.3, -0.25) is 9.69 Å². The second-order valence-corrected chi connectivity index (χ2v) is 4.22. The van der Waals surface area contributed by atoms with Crippen LogP contribution in [0.3, 0.4) is 0 Å². The van der Waals surface area contributed by atoms with Gasteiger partial charge in [-0.05, 0) is 5.56 Å². The first-order chi connectivity index (χ1) is 9.58. The summed E-state index contributed by atoms with van der Waals surface area (Å²) < 4.78 is 9.71. The van der Waals surface area contributed by atoms with Gasteiger partial charge in [-0.25, -0.2) is 9.59 Å². The van der Waals surface area contributed by atoms with Crippen molar-refractivity contribution in [1.29, 1.82) is 0 Å². The molecule has 0 aliphatic carbocycles. The van der Waals surface area contributed by atoms with E-state index < -0.39 is 30.5 Å². The van der Waals surface area contributed by atoms with Crippen LogP contribution in [0.25, 0.3) is 0 Å². The summed E-state index contributed by atoms with van der Waals surface area (Å²) in [6.07, 6.45) is -1.27. The summed E-state index contributed by atoms with van der Waals surface area (Å²) in [6, 6.07) is 7.89. The van der Waals surface area contributed by atoms with Crippen LogP contribution in [-0.2, 0) is 25.7 Å². The Kier molecular flexibility index (Phi) is 5.98. The highest BCUT2D eigenvalue weighted by Gasteiger charge is 2.40. The minimum atomic E-state index is -1.19. The van der Waals surface area contributed by atoms with Crippen LogP contribution in [0.15, 0.2) is 30.3 Å². The number of carboxylic acid groups (broad SMARTS) is 1. The molecule has 1 aliphatic heterocycles. The quantitative estimate of drug-likeness (QED) is 0.844. The zero-order valence-electron chi connectivity index (χ0n) is 10.9. The zero-order valence-corrected chi connectivity index (χ0v) is 11.7. The highest BCUT2D eigenvalue weighted by molar-refractivity contribution is 5.87. The fourth-order valence-electron chi connectivity index (χ4n) is 1.79. The number of aliphatic carboxylic acids is 1. The molecule has 1 aromatic carbocycles. The van der Waals surface area contributed by atoms with Gasteiger partial charge in [0.25, 0.3) is 0 Å². The van der Waals surface area contributed by atoms with E-state index in [1.807, 2.05) is 6.07 Å². The summed E-state index contributed by atoms with van der Waals surface area (Å²) in [5, 5.41) is 8.71. The molecule has 1 N–H and O–H groups in total. The first kappa shape index (κ1) is 16.8. The van der Waals surface area contributed by atoms with Crippen LogP contribution in [0, 0.1) is 0 Å². The molecule has 7 nitrogen and oxygen atoms in total. The predicted octanol–water partition coefficient (Wildman–Crippen LogP) is 1.40. The Morgan fingerprint density at radius 1 is 1.33 bits per heavy atom. The van der Waals surface area contributed by atoms with E-state index in [9.17, 15) is 14.4 Å². The van der Waals surface area contributed by atoms with E-state index in [1.165, 1.54) is 0 Å². The first-order valence-corrected chi connectivity index (χ1v) is 5.93. The van der Waals surface area contributed by atoms with Gasteiger partial charge in [0.05, 0.1) is 6.42 Å². The second-order valence-electron chi connectivity index (χ2n) is 4.22. The number of cyclic esters (lactones) is 1. The summed E-state index contributed by atoms with van der Waals surface area (Å²) in [6.45, 7) is -0.242. The van der Waals surface area contributed by atoms with Gasteiger partial charge in [0, 0.05) is 0 Å². The largest absolute Gasteiger partial charge is 0.481 e. The van der Waals surface area contributed by atoms with Crippen molar-refractivity contribution < 1.29 is 29.0 Å². The van der Waals surface area contributed by atoms with Gasteiger partial charge in [-0.15, -0.1) is 12.4 Å². The Hall–Kier alpha value is -2.28. The van der Waals surface area contributed by atoms with E-state index in [-0.39, 0.29) is 25.7 Å². The van der Waals surface area contributed by atoms with Crippen molar-refractivity contribution >= 4 is 30.4 Å². The number of hydrogen-bond acceptors (Lipinski definition) is 5. The Labute approximate surface area is 126 Å². The number of esters is 1. The number of ether oxygens (including phenoxy) is 2. The SMILES string of the molecule is Cl.O=C(O)CC1C(=O)OCN1C(=O)OCc1ccccc1. The standard InChI is InChI=1S/C13H13NO6.ClH/c15-11(16)6-10-12(17)20-8-14(10)13(18)19-7-9-4-2-1-3-5-9;/h1-5,10H,6-8H2,(H,15,16);1H. The van der Waals surface area contributed by atoms with Crippen LogP contribution in [0.2, 0.25) is 0 Å². The first-order valence-electron chi connectivity index (χ1n) is 5.93. The summed E-state index contributed by atoms with van der Waals surface area (Å²) in [4.78, 5) is 34.8. The van der Waals surface area contributed by atoms with E-state index in [0.29, 0.717) is 0 Å². The van der Waals surface area contributed by atoms with Crippen molar-refractivity contribution in [2.24, 2.45) is 0 Å². The number of nitrogens with zero attached hydrogens (tertiary/aromatic N) is 1. The van der Waals surface area contributed by atoms with Crippen LogP contribution in [-0.4, -0.2) is 40.8 Å². The molecular weight excluding hydrogens is 302 g/mol. The predicted molar refractivity (Wildman–Crippen MR) is 72.7 cm³/mol. The molecule has 114 valence electrons. The number of halogens is 1. The van der Waals surface area contributed by atoms with E-state index in [1.54, 1.807) is 24.3 Å². The molecule has 0 radical (unpaired) electrons. The summed E-state index contributed by atoms with van der Waals surface area (Å²) >= 11 is 0. The molecular formula is C13H14ClNO6. The summed E-state index contributed by atoms with van der Waals surface area (Å²) in [5.41, 5.74) is 0.794. The van der Waals surface area contributed by atoms with Gasteiger partial charge in [0.2, 0.25) is 0 Å². The lowest BCUT2D eigenvalue weighted by molar-refractivity contribution is -0.144. The van der Waals surface area contributed by atoms with Crippen molar-refractivity contribution in [1.82, 2.24) is 4.90 Å². The normalized spacial score (nSPS) is 16.9. The molecule has 0 spiro atoms. The van der Waals surface area contributed by atoms with Crippen LogP contribution in [0.4, 0.5) is 4.79 Å². The van der Waals surface area contributed by atoms with Crippen LogP contribution >= 0.6 is 12.4 Å². The third-order valence-electron chi connectivity index (χ3n) is 2.80. The molecule has 0 bridgehead atoms. The van der Waals surface area contributed by atoms with Gasteiger partial charge in [-0.1, -0.05) is 30.3 Å². The maximum atomic E-state index is 11.8. The Morgan fingerprint density at radius 2 is 2.00 bits per heavy atom. The number of rotatable bonds is 4. The Morgan fingerprint density at radius 3 is 2.62 bits per heavy atom. The van der Waals surface area contributed by atoms with E-state index in [2.05, 4.69) is 4.74 Å². The number of hydrogen-bond donors (Lipinski definition) is 1.